The number of carbonyl (C=O) groups excluding carboxylic acids is 1. The van der Waals surface area contributed by atoms with Crippen LogP contribution < -0.4 is 9.62 Å². The fourth-order valence-electron chi connectivity index (χ4n) is 2.44. The van der Waals surface area contributed by atoms with Gasteiger partial charge in [0.05, 0.1) is 18.5 Å². The maximum Gasteiger partial charge on any atom is 0.232 e. The summed E-state index contributed by atoms with van der Waals surface area (Å²) in [6.07, 6.45) is 1.75. The van der Waals surface area contributed by atoms with Crippen molar-refractivity contribution in [2.45, 2.75) is 12.8 Å². The number of sulfonamides is 1. The third-order valence-electron chi connectivity index (χ3n) is 3.70. The molecule has 8 heteroatoms. The van der Waals surface area contributed by atoms with Crippen molar-refractivity contribution >= 4 is 21.6 Å². The van der Waals surface area contributed by atoms with E-state index in [1.54, 1.807) is 0 Å². The van der Waals surface area contributed by atoms with E-state index in [0.717, 1.165) is 28.3 Å². The molecule has 0 aliphatic heterocycles. The van der Waals surface area contributed by atoms with E-state index < -0.39 is 21.7 Å². The third kappa shape index (κ3) is 5.80. The first kappa shape index (κ1) is 19.8. The monoisotopic (exact) mass is 382 g/mol. The van der Waals surface area contributed by atoms with Gasteiger partial charge in [0, 0.05) is 19.0 Å². The number of rotatable bonds is 8. The van der Waals surface area contributed by atoms with Gasteiger partial charge in [0.1, 0.15) is 11.6 Å². The molecule has 0 spiro atoms. The van der Waals surface area contributed by atoms with Crippen molar-refractivity contribution in [3.05, 3.63) is 65.7 Å². The van der Waals surface area contributed by atoms with E-state index in [2.05, 4.69) is 5.32 Å². The van der Waals surface area contributed by atoms with Crippen LogP contribution >= 0.6 is 0 Å². The standard InChI is InChI=1S/C18H20F2N2O3S/c1-26(24,25)22(17-9-8-15(19)13-16(17)20)12-11-21-18(23)10-7-14-5-3-2-4-6-14/h2-6,8-9,13H,7,10-12H2,1H3,(H,21,23). The van der Waals surface area contributed by atoms with Crippen molar-refractivity contribution in [2.24, 2.45) is 0 Å². The Morgan fingerprint density at radius 2 is 1.81 bits per heavy atom. The number of halogens is 2. The molecule has 0 aliphatic rings. The van der Waals surface area contributed by atoms with Crippen molar-refractivity contribution in [3.8, 4) is 0 Å². The van der Waals surface area contributed by atoms with Crippen LogP contribution in [-0.4, -0.2) is 33.7 Å². The molecule has 2 rings (SSSR count). The van der Waals surface area contributed by atoms with E-state index in [9.17, 15) is 22.0 Å². The zero-order valence-corrected chi connectivity index (χ0v) is 15.1. The number of anilines is 1. The van der Waals surface area contributed by atoms with Gasteiger partial charge < -0.3 is 5.32 Å². The van der Waals surface area contributed by atoms with E-state index in [4.69, 9.17) is 0 Å². The van der Waals surface area contributed by atoms with Gasteiger partial charge in [0.25, 0.3) is 0 Å². The van der Waals surface area contributed by atoms with Crippen LogP contribution in [0.3, 0.4) is 0 Å². The van der Waals surface area contributed by atoms with Crippen molar-refractivity contribution < 1.29 is 22.0 Å². The highest BCUT2D eigenvalue weighted by Gasteiger charge is 2.21. The first-order chi connectivity index (χ1) is 12.3. The summed E-state index contributed by atoms with van der Waals surface area (Å²) in [5.41, 5.74) is 0.765. The second kappa shape index (κ2) is 8.75. The normalized spacial score (nSPS) is 11.2. The molecule has 0 unspecified atom stereocenters. The first-order valence-electron chi connectivity index (χ1n) is 8.01. The number of carbonyl (C=O) groups is 1. The van der Waals surface area contributed by atoms with Crippen molar-refractivity contribution in [3.63, 3.8) is 0 Å². The Hall–Kier alpha value is -2.48. The molecule has 0 aliphatic carbocycles. The number of aryl methyl sites for hydroxylation is 1. The lowest BCUT2D eigenvalue weighted by Crippen LogP contribution is -2.38. The second-order valence-electron chi connectivity index (χ2n) is 5.77. The predicted molar refractivity (Wildman–Crippen MR) is 96.3 cm³/mol. The fourth-order valence-corrected chi connectivity index (χ4v) is 3.36. The van der Waals surface area contributed by atoms with Gasteiger partial charge in [-0.2, -0.15) is 0 Å². The Labute approximate surface area is 151 Å². The molecule has 140 valence electrons. The number of hydrogen-bond donors (Lipinski definition) is 1. The van der Waals surface area contributed by atoms with E-state index in [0.29, 0.717) is 12.5 Å². The van der Waals surface area contributed by atoms with Crippen molar-refractivity contribution in [2.75, 3.05) is 23.7 Å². The largest absolute Gasteiger partial charge is 0.354 e. The van der Waals surface area contributed by atoms with Gasteiger partial charge in [0.15, 0.2) is 0 Å². The maximum absolute atomic E-state index is 13.9. The zero-order valence-electron chi connectivity index (χ0n) is 14.3. The van der Waals surface area contributed by atoms with Gasteiger partial charge in [-0.15, -0.1) is 0 Å². The Bertz CT molecular complexity index is 858. The molecule has 1 amide bonds. The van der Waals surface area contributed by atoms with Crippen LogP contribution in [0.1, 0.15) is 12.0 Å². The number of hydrogen-bond acceptors (Lipinski definition) is 3. The smallest absolute Gasteiger partial charge is 0.232 e. The van der Waals surface area contributed by atoms with Crippen molar-refractivity contribution in [1.82, 2.24) is 5.32 Å². The molecule has 0 saturated carbocycles. The van der Waals surface area contributed by atoms with Crippen molar-refractivity contribution in [1.29, 1.82) is 0 Å². The van der Waals surface area contributed by atoms with Crippen LogP contribution in [0, 0.1) is 11.6 Å². The van der Waals surface area contributed by atoms with Crippen LogP contribution in [0.25, 0.3) is 0 Å². The van der Waals surface area contributed by atoms with E-state index in [1.165, 1.54) is 0 Å². The summed E-state index contributed by atoms with van der Waals surface area (Å²) in [7, 11) is -3.79. The van der Waals surface area contributed by atoms with Crippen LogP contribution in [0.15, 0.2) is 48.5 Å². The summed E-state index contributed by atoms with van der Waals surface area (Å²) >= 11 is 0. The summed E-state index contributed by atoms with van der Waals surface area (Å²) in [6.45, 7) is -0.143. The lowest BCUT2D eigenvalue weighted by Gasteiger charge is -2.23. The average molecular weight is 382 g/mol. The van der Waals surface area contributed by atoms with Gasteiger partial charge in [-0.05, 0) is 24.1 Å². The third-order valence-corrected chi connectivity index (χ3v) is 4.88. The quantitative estimate of drug-likeness (QED) is 0.763. The van der Waals surface area contributed by atoms with Gasteiger partial charge in [0.2, 0.25) is 15.9 Å². The fraction of sp³-hybridized carbons (Fsp3) is 0.278. The Morgan fingerprint density at radius 3 is 2.42 bits per heavy atom. The Kier molecular flexibility index (Phi) is 6.68. The van der Waals surface area contributed by atoms with E-state index >= 15 is 0 Å². The van der Waals surface area contributed by atoms with Gasteiger partial charge >= 0.3 is 0 Å². The molecule has 1 N–H and O–H groups in total. The summed E-state index contributed by atoms with van der Waals surface area (Å²) in [5, 5.41) is 2.61. The highest BCUT2D eigenvalue weighted by Crippen LogP contribution is 2.22. The molecular weight excluding hydrogens is 362 g/mol. The molecule has 0 atom stereocenters. The predicted octanol–water partition coefficient (Wildman–Crippen LogP) is 2.48. The minimum absolute atomic E-state index is 0.0114. The molecule has 0 saturated heterocycles. The first-order valence-corrected chi connectivity index (χ1v) is 9.85. The van der Waals surface area contributed by atoms with Gasteiger partial charge in [-0.3, -0.25) is 9.10 Å². The highest BCUT2D eigenvalue weighted by atomic mass is 32.2. The summed E-state index contributed by atoms with van der Waals surface area (Å²) < 4.78 is 51.5. The topological polar surface area (TPSA) is 66.5 Å². The molecule has 0 radical (unpaired) electrons. The average Bonchev–Trinajstić information content (AvgIpc) is 2.58. The van der Waals surface area contributed by atoms with Crippen LogP contribution in [0.5, 0.6) is 0 Å². The Balaban J connectivity index is 1.92. The molecule has 26 heavy (non-hydrogen) atoms. The molecule has 2 aromatic carbocycles. The van der Waals surface area contributed by atoms with E-state index in [1.807, 2.05) is 30.3 Å². The number of amides is 1. The number of nitrogens with zero attached hydrogens (tertiary/aromatic N) is 1. The molecular formula is C18H20F2N2O3S. The Morgan fingerprint density at radius 1 is 1.12 bits per heavy atom. The maximum atomic E-state index is 13.9. The molecule has 0 fully saturated rings. The van der Waals surface area contributed by atoms with Crippen LogP contribution in [-0.2, 0) is 21.2 Å². The molecule has 5 nitrogen and oxygen atoms in total. The second-order valence-corrected chi connectivity index (χ2v) is 7.67. The number of benzene rings is 2. The van der Waals surface area contributed by atoms with Crippen LogP contribution in [0.4, 0.5) is 14.5 Å². The molecule has 0 bridgehead atoms. The SMILES string of the molecule is CS(=O)(=O)N(CCNC(=O)CCc1ccccc1)c1ccc(F)cc1F. The molecule has 2 aromatic rings. The lowest BCUT2D eigenvalue weighted by atomic mass is 10.1. The summed E-state index contributed by atoms with van der Waals surface area (Å²) in [4.78, 5) is 11.9. The lowest BCUT2D eigenvalue weighted by molar-refractivity contribution is -0.120. The van der Waals surface area contributed by atoms with Gasteiger partial charge in [-0.25, -0.2) is 17.2 Å². The minimum atomic E-state index is -3.79. The zero-order chi connectivity index (χ0) is 19.2. The van der Waals surface area contributed by atoms with Crippen LogP contribution in [0.2, 0.25) is 0 Å². The molecule has 0 aromatic heterocycles. The summed E-state index contributed by atoms with van der Waals surface area (Å²) in [5.74, 6) is -2.01. The highest BCUT2D eigenvalue weighted by molar-refractivity contribution is 7.92. The number of nitrogens with one attached hydrogen (secondary N) is 1. The minimum Gasteiger partial charge on any atom is -0.354 e. The summed E-state index contributed by atoms with van der Waals surface area (Å²) in [6, 6.07) is 12.1. The van der Waals surface area contributed by atoms with E-state index in [-0.39, 0.29) is 31.1 Å². The van der Waals surface area contributed by atoms with Gasteiger partial charge in [-0.1, -0.05) is 30.3 Å². The molecule has 0 heterocycles.